The minimum Gasteiger partial charge on any atom is -0.497 e. The minimum absolute atomic E-state index is 0.318. The number of ether oxygens (including phenoxy) is 4. The molecule has 0 saturated carbocycles. The van der Waals surface area contributed by atoms with Gasteiger partial charge in [0.15, 0.2) is 0 Å². The molecular formula is C26H26O6. The van der Waals surface area contributed by atoms with Crippen LogP contribution in [0.15, 0.2) is 72.8 Å². The van der Waals surface area contributed by atoms with Crippen molar-refractivity contribution in [3.8, 4) is 23.0 Å². The number of benzene rings is 3. The van der Waals surface area contributed by atoms with Crippen molar-refractivity contribution in [1.29, 1.82) is 0 Å². The minimum atomic E-state index is -0.517. The van der Waals surface area contributed by atoms with E-state index in [4.69, 9.17) is 18.9 Å². The maximum absolute atomic E-state index is 12.4. The quantitative estimate of drug-likeness (QED) is 0.231. The van der Waals surface area contributed by atoms with Crippen LogP contribution in [0.2, 0.25) is 0 Å². The standard InChI is InChI=1S/C26H26O6/c1-3-4-5-17-30-21-13-15-23(16-14-21)31-25(27)19-9-11-22(12-10-19)32-26(28)20-7-6-8-24(18-20)29-2/h6-16,18H,3-5,17H2,1-2H3. The van der Waals surface area contributed by atoms with Gasteiger partial charge in [-0.2, -0.15) is 0 Å². The molecule has 0 bridgehead atoms. The molecule has 32 heavy (non-hydrogen) atoms. The molecule has 3 aromatic carbocycles. The lowest BCUT2D eigenvalue weighted by molar-refractivity contribution is 0.0730. The molecule has 0 saturated heterocycles. The first-order valence-electron chi connectivity index (χ1n) is 10.5. The van der Waals surface area contributed by atoms with Crippen molar-refractivity contribution < 1.29 is 28.5 Å². The average molecular weight is 434 g/mol. The summed E-state index contributed by atoms with van der Waals surface area (Å²) in [6.07, 6.45) is 3.29. The van der Waals surface area contributed by atoms with E-state index >= 15 is 0 Å². The Bertz CT molecular complexity index is 1020. The van der Waals surface area contributed by atoms with Gasteiger partial charge in [-0.25, -0.2) is 9.59 Å². The Morgan fingerprint density at radius 3 is 1.91 bits per heavy atom. The number of methoxy groups -OCH3 is 1. The number of hydrogen-bond donors (Lipinski definition) is 0. The van der Waals surface area contributed by atoms with Gasteiger partial charge in [0, 0.05) is 0 Å². The number of carbonyl (C=O) groups is 2. The molecule has 0 atom stereocenters. The van der Waals surface area contributed by atoms with Crippen LogP contribution in [0.1, 0.15) is 46.9 Å². The summed E-state index contributed by atoms with van der Waals surface area (Å²) in [6.45, 7) is 2.81. The highest BCUT2D eigenvalue weighted by atomic mass is 16.5. The van der Waals surface area contributed by atoms with Gasteiger partial charge in [-0.15, -0.1) is 0 Å². The normalized spacial score (nSPS) is 10.3. The number of unbranched alkanes of at least 4 members (excludes halogenated alkanes) is 2. The van der Waals surface area contributed by atoms with Crippen LogP contribution in [0.3, 0.4) is 0 Å². The Morgan fingerprint density at radius 2 is 1.28 bits per heavy atom. The third-order valence-electron chi connectivity index (χ3n) is 4.66. The molecule has 0 spiro atoms. The maximum atomic E-state index is 12.4. The Morgan fingerprint density at radius 1 is 0.688 bits per heavy atom. The zero-order chi connectivity index (χ0) is 22.8. The smallest absolute Gasteiger partial charge is 0.343 e. The van der Waals surface area contributed by atoms with Crippen molar-refractivity contribution in [3.63, 3.8) is 0 Å². The largest absolute Gasteiger partial charge is 0.497 e. The van der Waals surface area contributed by atoms with E-state index in [0.29, 0.717) is 35.0 Å². The Labute approximate surface area is 187 Å². The van der Waals surface area contributed by atoms with Crippen LogP contribution in [-0.2, 0) is 0 Å². The van der Waals surface area contributed by atoms with Crippen LogP contribution in [0.5, 0.6) is 23.0 Å². The Balaban J connectivity index is 1.54. The lowest BCUT2D eigenvalue weighted by atomic mass is 10.2. The van der Waals surface area contributed by atoms with Crippen LogP contribution in [0.4, 0.5) is 0 Å². The topological polar surface area (TPSA) is 71.1 Å². The molecule has 3 aromatic rings. The van der Waals surface area contributed by atoms with Crippen molar-refractivity contribution in [2.24, 2.45) is 0 Å². The summed E-state index contributed by atoms with van der Waals surface area (Å²) >= 11 is 0. The summed E-state index contributed by atoms with van der Waals surface area (Å²) in [5.41, 5.74) is 0.705. The van der Waals surface area contributed by atoms with Gasteiger partial charge in [0.05, 0.1) is 24.8 Å². The van der Waals surface area contributed by atoms with Gasteiger partial charge in [-0.1, -0.05) is 25.8 Å². The predicted molar refractivity (Wildman–Crippen MR) is 121 cm³/mol. The molecule has 6 heteroatoms. The molecule has 166 valence electrons. The Hall–Kier alpha value is -3.80. The average Bonchev–Trinajstić information content (AvgIpc) is 2.83. The van der Waals surface area contributed by atoms with E-state index < -0.39 is 11.9 Å². The molecule has 0 unspecified atom stereocenters. The number of esters is 2. The van der Waals surface area contributed by atoms with Gasteiger partial charge >= 0.3 is 11.9 Å². The highest BCUT2D eigenvalue weighted by molar-refractivity contribution is 5.92. The molecule has 0 fully saturated rings. The van der Waals surface area contributed by atoms with E-state index in [1.54, 1.807) is 72.8 Å². The van der Waals surface area contributed by atoms with Crippen LogP contribution < -0.4 is 18.9 Å². The molecule has 0 aliphatic heterocycles. The fourth-order valence-electron chi connectivity index (χ4n) is 2.89. The second kappa shape index (κ2) is 11.6. The SMILES string of the molecule is CCCCCOc1ccc(OC(=O)c2ccc(OC(=O)c3cccc(OC)c3)cc2)cc1. The molecule has 0 N–H and O–H groups in total. The molecule has 0 radical (unpaired) electrons. The molecule has 3 rings (SSSR count). The summed E-state index contributed by atoms with van der Waals surface area (Å²) < 4.78 is 21.5. The fourth-order valence-corrected chi connectivity index (χ4v) is 2.89. The molecule has 0 aromatic heterocycles. The summed E-state index contributed by atoms with van der Waals surface area (Å²) in [6, 6.07) is 19.8. The first-order valence-corrected chi connectivity index (χ1v) is 10.5. The summed E-state index contributed by atoms with van der Waals surface area (Å²) in [5.74, 6) is 1.02. The highest BCUT2D eigenvalue weighted by Gasteiger charge is 2.12. The van der Waals surface area contributed by atoms with Crippen molar-refractivity contribution in [2.75, 3.05) is 13.7 Å². The molecular weight excluding hydrogens is 408 g/mol. The third kappa shape index (κ3) is 6.60. The lowest BCUT2D eigenvalue weighted by Crippen LogP contribution is -2.10. The molecule has 0 aliphatic carbocycles. The van der Waals surface area contributed by atoms with Gasteiger partial charge in [-0.3, -0.25) is 0 Å². The third-order valence-corrected chi connectivity index (χ3v) is 4.66. The summed E-state index contributed by atoms with van der Waals surface area (Å²) in [4.78, 5) is 24.7. The number of rotatable bonds is 10. The first-order chi connectivity index (χ1) is 15.6. The van der Waals surface area contributed by atoms with E-state index in [2.05, 4.69) is 6.92 Å². The zero-order valence-electron chi connectivity index (χ0n) is 18.2. The van der Waals surface area contributed by atoms with E-state index in [9.17, 15) is 9.59 Å². The van der Waals surface area contributed by atoms with Crippen LogP contribution in [0.25, 0.3) is 0 Å². The molecule has 0 amide bonds. The maximum Gasteiger partial charge on any atom is 0.343 e. The summed E-state index contributed by atoms with van der Waals surface area (Å²) in [5, 5.41) is 0. The van der Waals surface area contributed by atoms with Crippen LogP contribution in [-0.4, -0.2) is 25.7 Å². The van der Waals surface area contributed by atoms with Crippen LogP contribution >= 0.6 is 0 Å². The van der Waals surface area contributed by atoms with E-state index in [1.807, 2.05) is 0 Å². The summed E-state index contributed by atoms with van der Waals surface area (Å²) in [7, 11) is 1.53. The molecule has 6 nitrogen and oxygen atoms in total. The number of carbonyl (C=O) groups excluding carboxylic acids is 2. The van der Waals surface area contributed by atoms with E-state index in [0.717, 1.165) is 25.0 Å². The van der Waals surface area contributed by atoms with Gasteiger partial charge < -0.3 is 18.9 Å². The predicted octanol–water partition coefficient (Wildman–Crippen LogP) is 5.70. The molecule has 0 aliphatic rings. The second-order valence-corrected chi connectivity index (χ2v) is 7.06. The number of hydrogen-bond acceptors (Lipinski definition) is 6. The van der Waals surface area contributed by atoms with Crippen LogP contribution in [0, 0.1) is 0 Å². The van der Waals surface area contributed by atoms with Crippen molar-refractivity contribution >= 4 is 11.9 Å². The van der Waals surface area contributed by atoms with E-state index in [-0.39, 0.29) is 0 Å². The van der Waals surface area contributed by atoms with E-state index in [1.165, 1.54) is 7.11 Å². The first kappa shape index (κ1) is 22.9. The van der Waals surface area contributed by atoms with Crippen molar-refractivity contribution in [1.82, 2.24) is 0 Å². The lowest BCUT2D eigenvalue weighted by Gasteiger charge is -2.08. The van der Waals surface area contributed by atoms with Gasteiger partial charge in [0.25, 0.3) is 0 Å². The van der Waals surface area contributed by atoms with Gasteiger partial charge in [-0.05, 0) is 73.2 Å². The monoisotopic (exact) mass is 434 g/mol. The zero-order valence-corrected chi connectivity index (χ0v) is 18.2. The highest BCUT2D eigenvalue weighted by Crippen LogP contribution is 2.21. The van der Waals surface area contributed by atoms with Crippen molar-refractivity contribution in [3.05, 3.63) is 83.9 Å². The molecule has 0 heterocycles. The van der Waals surface area contributed by atoms with Gasteiger partial charge in [0.1, 0.15) is 23.0 Å². The second-order valence-electron chi connectivity index (χ2n) is 7.06. The van der Waals surface area contributed by atoms with Gasteiger partial charge in [0.2, 0.25) is 0 Å². The Kier molecular flexibility index (Phi) is 8.26. The fraction of sp³-hybridized carbons (Fsp3) is 0.231. The van der Waals surface area contributed by atoms with Crippen molar-refractivity contribution in [2.45, 2.75) is 26.2 Å².